The molecule has 0 saturated carbocycles. The van der Waals surface area contributed by atoms with Gasteiger partial charge in [-0.15, -0.1) is 10.2 Å². The van der Waals surface area contributed by atoms with Crippen LogP contribution in [0.25, 0.3) is 5.65 Å². The van der Waals surface area contributed by atoms with Gasteiger partial charge in [0.15, 0.2) is 5.65 Å². The van der Waals surface area contributed by atoms with E-state index in [1.165, 1.54) is 0 Å². The quantitative estimate of drug-likeness (QED) is 0.771. The number of aromatic nitrogens is 3. The molecule has 0 aliphatic rings. The van der Waals surface area contributed by atoms with Gasteiger partial charge in [0.05, 0.1) is 5.69 Å². The average Bonchev–Trinajstić information content (AvgIpc) is 2.48. The highest BCUT2D eigenvalue weighted by Gasteiger charge is 2.16. The van der Waals surface area contributed by atoms with Crippen LogP contribution in [-0.4, -0.2) is 14.6 Å². The van der Waals surface area contributed by atoms with E-state index < -0.39 is 0 Å². The summed E-state index contributed by atoms with van der Waals surface area (Å²) in [6.45, 7) is 6.54. The highest BCUT2D eigenvalue weighted by molar-refractivity contribution is 5.63. The number of hydrogen-bond donors (Lipinski definition) is 1. The molecule has 0 bridgehead atoms. The number of rotatable bonds is 1. The average molecular weight is 204 g/mol. The Morgan fingerprint density at radius 2 is 2.07 bits per heavy atom. The van der Waals surface area contributed by atoms with E-state index in [4.69, 9.17) is 5.73 Å². The van der Waals surface area contributed by atoms with Gasteiger partial charge in [-0.25, -0.2) is 0 Å². The van der Waals surface area contributed by atoms with Crippen molar-refractivity contribution in [1.29, 1.82) is 0 Å². The summed E-state index contributed by atoms with van der Waals surface area (Å²) in [6, 6.07) is 3.75. The lowest BCUT2D eigenvalue weighted by atomic mass is 9.92. The minimum absolute atomic E-state index is 0.202. The van der Waals surface area contributed by atoms with E-state index in [1.54, 1.807) is 0 Å². The molecule has 2 aromatic rings. The second-order valence-corrected chi connectivity index (χ2v) is 5.01. The summed E-state index contributed by atoms with van der Waals surface area (Å²) in [5, 5.41) is 8.26. The molecule has 0 spiro atoms. The second kappa shape index (κ2) is 3.22. The van der Waals surface area contributed by atoms with Crippen LogP contribution in [0.2, 0.25) is 0 Å². The summed E-state index contributed by atoms with van der Waals surface area (Å²) in [6.07, 6.45) is 2.84. The molecule has 0 unspecified atom stereocenters. The third-order valence-electron chi connectivity index (χ3n) is 2.22. The highest BCUT2D eigenvalue weighted by Crippen LogP contribution is 2.21. The highest BCUT2D eigenvalue weighted by atomic mass is 15.2. The minimum Gasteiger partial charge on any atom is -0.396 e. The van der Waals surface area contributed by atoms with Gasteiger partial charge < -0.3 is 5.73 Å². The number of nitrogen functional groups attached to an aromatic ring is 1. The molecule has 4 heteroatoms. The smallest absolute Gasteiger partial charge is 0.183 e. The fourth-order valence-corrected chi connectivity index (χ4v) is 1.58. The fraction of sp³-hybridized carbons (Fsp3) is 0.455. The monoisotopic (exact) mass is 204 g/mol. The van der Waals surface area contributed by atoms with Gasteiger partial charge in [-0.1, -0.05) is 20.8 Å². The number of nitrogens with two attached hydrogens (primary N) is 1. The van der Waals surface area contributed by atoms with E-state index in [9.17, 15) is 0 Å². The Kier molecular flexibility index (Phi) is 2.14. The van der Waals surface area contributed by atoms with E-state index in [-0.39, 0.29) is 5.41 Å². The van der Waals surface area contributed by atoms with Crippen LogP contribution in [0.5, 0.6) is 0 Å². The predicted octanol–water partition coefficient (Wildman–Crippen LogP) is 1.90. The standard InChI is InChI=1S/C11H16N4/c1-11(2,3)7-9-13-14-10-8(12)5-4-6-15(9)10/h4-6H,7,12H2,1-3H3. The lowest BCUT2D eigenvalue weighted by molar-refractivity contribution is 0.399. The molecule has 0 saturated heterocycles. The number of pyridine rings is 1. The van der Waals surface area contributed by atoms with Crippen LogP contribution in [0.15, 0.2) is 18.3 Å². The normalized spacial score (nSPS) is 12.2. The van der Waals surface area contributed by atoms with Crippen LogP contribution in [0.3, 0.4) is 0 Å². The summed E-state index contributed by atoms with van der Waals surface area (Å²) in [5.41, 5.74) is 7.43. The van der Waals surface area contributed by atoms with E-state index in [0.717, 1.165) is 17.9 Å². The molecule has 2 aromatic heterocycles. The first-order valence-corrected chi connectivity index (χ1v) is 5.05. The topological polar surface area (TPSA) is 56.2 Å². The molecular weight excluding hydrogens is 188 g/mol. The Bertz CT molecular complexity index is 479. The molecule has 0 radical (unpaired) electrons. The molecule has 2 N–H and O–H groups in total. The fourth-order valence-electron chi connectivity index (χ4n) is 1.58. The maximum atomic E-state index is 5.81. The van der Waals surface area contributed by atoms with Gasteiger partial charge in [-0.05, 0) is 17.5 Å². The zero-order valence-electron chi connectivity index (χ0n) is 9.36. The number of anilines is 1. The molecule has 0 aromatic carbocycles. The van der Waals surface area contributed by atoms with Gasteiger partial charge in [0, 0.05) is 12.6 Å². The largest absolute Gasteiger partial charge is 0.396 e. The Hall–Kier alpha value is -1.58. The van der Waals surface area contributed by atoms with Gasteiger partial charge in [-0.3, -0.25) is 4.40 Å². The van der Waals surface area contributed by atoms with Crippen molar-refractivity contribution >= 4 is 11.3 Å². The molecule has 2 rings (SSSR count). The minimum atomic E-state index is 0.202. The maximum absolute atomic E-state index is 5.81. The van der Waals surface area contributed by atoms with E-state index in [1.807, 2.05) is 22.7 Å². The first-order chi connectivity index (χ1) is 6.97. The Morgan fingerprint density at radius 1 is 1.33 bits per heavy atom. The van der Waals surface area contributed by atoms with Crippen LogP contribution < -0.4 is 5.73 Å². The van der Waals surface area contributed by atoms with Gasteiger partial charge in [0.1, 0.15) is 5.82 Å². The molecule has 0 fully saturated rings. The summed E-state index contributed by atoms with van der Waals surface area (Å²) < 4.78 is 1.96. The maximum Gasteiger partial charge on any atom is 0.183 e. The lowest BCUT2D eigenvalue weighted by Gasteiger charge is -2.16. The van der Waals surface area contributed by atoms with E-state index in [0.29, 0.717) is 5.69 Å². The summed E-state index contributed by atoms with van der Waals surface area (Å²) in [5.74, 6) is 0.963. The van der Waals surface area contributed by atoms with Crippen LogP contribution in [0, 0.1) is 5.41 Å². The number of nitrogens with zero attached hydrogens (tertiary/aromatic N) is 3. The Labute approximate surface area is 89.1 Å². The summed E-state index contributed by atoms with van der Waals surface area (Å²) in [7, 11) is 0. The van der Waals surface area contributed by atoms with Crippen LogP contribution in [0.1, 0.15) is 26.6 Å². The number of fused-ring (bicyclic) bond motifs is 1. The predicted molar refractivity (Wildman–Crippen MR) is 60.6 cm³/mol. The van der Waals surface area contributed by atoms with Crippen LogP contribution in [0.4, 0.5) is 5.69 Å². The molecule has 80 valence electrons. The molecule has 2 heterocycles. The Balaban J connectivity index is 2.50. The summed E-state index contributed by atoms with van der Waals surface area (Å²) in [4.78, 5) is 0. The molecule has 0 aliphatic carbocycles. The van der Waals surface area contributed by atoms with Crippen molar-refractivity contribution in [1.82, 2.24) is 14.6 Å². The van der Waals surface area contributed by atoms with Crippen molar-refractivity contribution in [3.8, 4) is 0 Å². The van der Waals surface area contributed by atoms with Crippen molar-refractivity contribution in [2.45, 2.75) is 27.2 Å². The molecule has 0 aliphatic heterocycles. The number of hydrogen-bond acceptors (Lipinski definition) is 3. The first-order valence-electron chi connectivity index (χ1n) is 5.05. The van der Waals surface area contributed by atoms with Crippen molar-refractivity contribution in [3.63, 3.8) is 0 Å². The Morgan fingerprint density at radius 3 is 2.73 bits per heavy atom. The van der Waals surface area contributed by atoms with Gasteiger partial charge in [0.2, 0.25) is 0 Å². The molecule has 0 atom stereocenters. The van der Waals surface area contributed by atoms with Crippen molar-refractivity contribution in [2.75, 3.05) is 5.73 Å². The van der Waals surface area contributed by atoms with Crippen molar-refractivity contribution < 1.29 is 0 Å². The first kappa shape index (κ1) is 9.96. The van der Waals surface area contributed by atoms with Crippen molar-refractivity contribution in [3.05, 3.63) is 24.2 Å². The van der Waals surface area contributed by atoms with E-state index in [2.05, 4.69) is 31.0 Å². The van der Waals surface area contributed by atoms with E-state index >= 15 is 0 Å². The summed E-state index contributed by atoms with van der Waals surface area (Å²) >= 11 is 0. The zero-order valence-corrected chi connectivity index (χ0v) is 9.36. The zero-order chi connectivity index (χ0) is 11.1. The van der Waals surface area contributed by atoms with Crippen LogP contribution >= 0.6 is 0 Å². The van der Waals surface area contributed by atoms with Gasteiger partial charge in [0.25, 0.3) is 0 Å². The second-order valence-electron chi connectivity index (χ2n) is 5.01. The molecule has 0 amide bonds. The van der Waals surface area contributed by atoms with Crippen LogP contribution in [-0.2, 0) is 6.42 Å². The molecule has 4 nitrogen and oxygen atoms in total. The van der Waals surface area contributed by atoms with Crippen molar-refractivity contribution in [2.24, 2.45) is 5.41 Å². The van der Waals surface area contributed by atoms with Gasteiger partial charge >= 0.3 is 0 Å². The third kappa shape index (κ3) is 1.93. The lowest BCUT2D eigenvalue weighted by Crippen LogP contribution is -2.12. The molecule has 15 heavy (non-hydrogen) atoms. The van der Waals surface area contributed by atoms with Gasteiger partial charge in [-0.2, -0.15) is 0 Å². The third-order valence-corrected chi connectivity index (χ3v) is 2.22. The SMILES string of the molecule is CC(C)(C)Cc1nnc2c(N)cccn12. The molecular formula is C11H16N4.